The highest BCUT2D eigenvalue weighted by Crippen LogP contribution is 2.55. The van der Waals surface area contributed by atoms with Gasteiger partial charge in [-0.05, 0) is 37.8 Å². The highest BCUT2D eigenvalue weighted by atomic mass is 16.3. The van der Waals surface area contributed by atoms with Crippen molar-refractivity contribution in [2.75, 3.05) is 0 Å². The molecule has 2 N–H and O–H groups in total. The van der Waals surface area contributed by atoms with Gasteiger partial charge in [-0.1, -0.05) is 74.1 Å². The fourth-order valence-electron chi connectivity index (χ4n) is 6.02. The van der Waals surface area contributed by atoms with Crippen molar-refractivity contribution in [2.24, 2.45) is 29.1 Å². The summed E-state index contributed by atoms with van der Waals surface area (Å²) < 4.78 is 0. The van der Waals surface area contributed by atoms with Crippen LogP contribution < -0.4 is 5.32 Å². The molecule has 1 heterocycles. The van der Waals surface area contributed by atoms with Crippen molar-refractivity contribution < 1.29 is 19.5 Å². The van der Waals surface area contributed by atoms with E-state index in [1.807, 2.05) is 64.1 Å². The summed E-state index contributed by atoms with van der Waals surface area (Å²) in [6, 6.07) is 9.69. The summed E-state index contributed by atoms with van der Waals surface area (Å²) in [5, 5.41) is 14.7. The molecule has 5 nitrogen and oxygen atoms in total. The van der Waals surface area contributed by atoms with Gasteiger partial charge in [0.05, 0.1) is 12.0 Å². The van der Waals surface area contributed by atoms with E-state index in [0.29, 0.717) is 18.4 Å². The van der Waals surface area contributed by atoms with Gasteiger partial charge in [0, 0.05) is 23.8 Å². The van der Waals surface area contributed by atoms with Gasteiger partial charge in [0.15, 0.2) is 5.78 Å². The lowest BCUT2D eigenvalue weighted by Gasteiger charge is -2.45. The van der Waals surface area contributed by atoms with Crippen molar-refractivity contribution in [3.05, 3.63) is 71.3 Å². The number of Topliss-reactive ketones (excluding diaryl/α,β-unsaturated/α-hetero) is 2. The summed E-state index contributed by atoms with van der Waals surface area (Å²) in [4.78, 5) is 40.0. The Morgan fingerprint density at radius 2 is 1.73 bits per heavy atom. The molecule has 1 saturated heterocycles. The molecule has 1 aromatic rings. The zero-order chi connectivity index (χ0) is 23.9. The van der Waals surface area contributed by atoms with Gasteiger partial charge in [-0.2, -0.15) is 0 Å². The lowest BCUT2D eigenvalue weighted by molar-refractivity contribution is -0.144. The fourth-order valence-corrected chi connectivity index (χ4v) is 6.02. The topological polar surface area (TPSA) is 83.5 Å². The third-order valence-electron chi connectivity index (χ3n) is 7.97. The normalized spacial score (nSPS) is 36.8. The largest absolute Gasteiger partial charge is 0.388 e. The number of amides is 1. The van der Waals surface area contributed by atoms with Crippen LogP contribution in [0, 0.1) is 29.1 Å². The molecule has 1 aliphatic heterocycles. The van der Waals surface area contributed by atoms with Crippen molar-refractivity contribution in [1.82, 2.24) is 5.32 Å². The second kappa shape index (κ2) is 8.86. The number of hydrogen-bond acceptors (Lipinski definition) is 4. The van der Waals surface area contributed by atoms with Gasteiger partial charge in [-0.15, -0.1) is 0 Å². The van der Waals surface area contributed by atoms with Gasteiger partial charge in [0.1, 0.15) is 11.2 Å². The Bertz CT molecular complexity index is 1050. The third-order valence-corrected chi connectivity index (χ3v) is 7.97. The van der Waals surface area contributed by atoms with Crippen molar-refractivity contribution in [1.29, 1.82) is 0 Å². The SMILES string of the molecule is CC1=C(C)[C@H]2[C@@H](Cc3ccccc3)NC(=O)C23[C@H](O)C=C[C@H](C)C(=O)[C@@H](C)CC=C[C@H]3C1=O. The highest BCUT2D eigenvalue weighted by molar-refractivity contribution is 6.06. The number of hydrogen-bond donors (Lipinski definition) is 2. The average molecular weight is 448 g/mol. The Labute approximate surface area is 195 Å². The molecule has 0 radical (unpaired) electrons. The molecule has 1 unspecified atom stereocenters. The van der Waals surface area contributed by atoms with E-state index in [2.05, 4.69) is 5.32 Å². The minimum Gasteiger partial charge on any atom is -0.388 e. The van der Waals surface area contributed by atoms with Crippen LogP contribution >= 0.6 is 0 Å². The first kappa shape index (κ1) is 23.4. The molecule has 2 aliphatic carbocycles. The standard InChI is InChI=1S/C28H33NO4/c1-16-9-8-12-21-26(32)19(4)18(3)24-22(15-20-10-6-5-7-11-20)29-27(33)28(21,24)23(30)14-13-17(2)25(16)31/h5-8,10-14,16-17,21-24,30H,9,15H2,1-4H3,(H,29,33)/t16-,17-,21-,22+,23+,24-,28?/m0/s1. The van der Waals surface area contributed by atoms with Crippen LogP contribution in [0.4, 0.5) is 0 Å². The van der Waals surface area contributed by atoms with Gasteiger partial charge in [0.25, 0.3) is 0 Å². The summed E-state index contributed by atoms with van der Waals surface area (Å²) in [6.45, 7) is 7.41. The third kappa shape index (κ3) is 3.72. The van der Waals surface area contributed by atoms with E-state index in [4.69, 9.17) is 0 Å². The maximum absolute atomic E-state index is 13.8. The predicted octanol–water partition coefficient (Wildman–Crippen LogP) is 3.58. The molecule has 1 fully saturated rings. The van der Waals surface area contributed by atoms with Crippen LogP contribution in [0.2, 0.25) is 0 Å². The number of carbonyl (C=O) groups excluding carboxylic acids is 3. The van der Waals surface area contributed by atoms with E-state index in [0.717, 1.165) is 11.1 Å². The number of nitrogens with one attached hydrogen (secondary N) is 1. The first-order chi connectivity index (χ1) is 15.7. The number of ketones is 2. The fraction of sp³-hybridized carbons (Fsp3) is 0.464. The van der Waals surface area contributed by atoms with Gasteiger partial charge >= 0.3 is 0 Å². The lowest BCUT2D eigenvalue weighted by atomic mass is 9.55. The molecular weight excluding hydrogens is 414 g/mol. The molecular formula is C28H33NO4. The quantitative estimate of drug-likeness (QED) is 0.679. The van der Waals surface area contributed by atoms with E-state index in [9.17, 15) is 19.5 Å². The molecule has 1 spiro atoms. The van der Waals surface area contributed by atoms with Crippen molar-refractivity contribution >= 4 is 17.5 Å². The molecule has 7 atom stereocenters. The molecule has 0 aromatic heterocycles. The maximum Gasteiger partial charge on any atom is 0.231 e. The predicted molar refractivity (Wildman–Crippen MR) is 127 cm³/mol. The molecule has 174 valence electrons. The number of aliphatic hydroxyl groups excluding tert-OH is 1. The molecule has 1 amide bonds. The summed E-state index contributed by atoms with van der Waals surface area (Å²) in [5.74, 6) is -2.07. The molecule has 1 aromatic carbocycles. The summed E-state index contributed by atoms with van der Waals surface area (Å²) in [7, 11) is 0. The van der Waals surface area contributed by atoms with Gasteiger partial charge in [-0.25, -0.2) is 0 Å². The van der Waals surface area contributed by atoms with Gasteiger partial charge in [-0.3, -0.25) is 14.4 Å². The summed E-state index contributed by atoms with van der Waals surface area (Å²) in [6.07, 6.45) is 6.78. The summed E-state index contributed by atoms with van der Waals surface area (Å²) >= 11 is 0. The van der Waals surface area contributed by atoms with Crippen LogP contribution in [0.25, 0.3) is 0 Å². The highest BCUT2D eigenvalue weighted by Gasteiger charge is 2.66. The first-order valence-electron chi connectivity index (χ1n) is 11.8. The first-order valence-corrected chi connectivity index (χ1v) is 11.8. The second-order valence-corrected chi connectivity index (χ2v) is 9.92. The molecule has 5 heteroatoms. The Morgan fingerprint density at radius 1 is 1.03 bits per heavy atom. The lowest BCUT2D eigenvalue weighted by Crippen LogP contribution is -2.55. The van der Waals surface area contributed by atoms with Crippen molar-refractivity contribution in [3.63, 3.8) is 0 Å². The van der Waals surface area contributed by atoms with E-state index in [-0.39, 0.29) is 41.3 Å². The minimum absolute atomic E-state index is 0.0802. The van der Waals surface area contributed by atoms with Crippen LogP contribution in [0.1, 0.15) is 39.7 Å². The van der Waals surface area contributed by atoms with E-state index in [1.54, 1.807) is 18.2 Å². The number of allylic oxidation sites excluding steroid dienone is 4. The number of aliphatic hydroxyl groups is 1. The van der Waals surface area contributed by atoms with Crippen LogP contribution in [-0.4, -0.2) is 34.7 Å². The van der Waals surface area contributed by atoms with Crippen molar-refractivity contribution in [2.45, 2.75) is 52.7 Å². The number of rotatable bonds is 2. The van der Waals surface area contributed by atoms with E-state index < -0.39 is 17.4 Å². The molecule has 0 saturated carbocycles. The van der Waals surface area contributed by atoms with Crippen molar-refractivity contribution in [3.8, 4) is 0 Å². The molecule has 3 aliphatic rings. The Hall–Kier alpha value is -2.79. The van der Waals surface area contributed by atoms with Crippen LogP contribution in [0.5, 0.6) is 0 Å². The molecule has 4 rings (SSSR count). The Morgan fingerprint density at radius 3 is 2.42 bits per heavy atom. The maximum atomic E-state index is 13.8. The second-order valence-electron chi connectivity index (χ2n) is 9.92. The van der Waals surface area contributed by atoms with E-state index in [1.165, 1.54) is 0 Å². The zero-order valence-electron chi connectivity index (χ0n) is 19.7. The van der Waals surface area contributed by atoms with Crippen LogP contribution in [0.3, 0.4) is 0 Å². The van der Waals surface area contributed by atoms with Gasteiger partial charge in [0.2, 0.25) is 5.91 Å². The molecule has 33 heavy (non-hydrogen) atoms. The minimum atomic E-state index is -1.34. The monoisotopic (exact) mass is 447 g/mol. The smallest absolute Gasteiger partial charge is 0.231 e. The zero-order valence-corrected chi connectivity index (χ0v) is 19.7. The van der Waals surface area contributed by atoms with E-state index >= 15 is 0 Å². The van der Waals surface area contributed by atoms with Crippen LogP contribution in [0.15, 0.2) is 65.8 Å². The number of benzene rings is 1. The average Bonchev–Trinajstić information content (AvgIpc) is 3.09. The molecule has 0 bridgehead atoms. The van der Waals surface area contributed by atoms with Gasteiger partial charge < -0.3 is 10.4 Å². The Kier molecular flexibility index (Phi) is 6.28. The Balaban J connectivity index is 1.88. The summed E-state index contributed by atoms with van der Waals surface area (Å²) in [5.41, 5.74) is 1.25. The number of carbonyl (C=O) groups is 3. The van der Waals surface area contributed by atoms with Crippen LogP contribution in [-0.2, 0) is 20.8 Å².